The molecule has 1 heterocycles. The lowest BCUT2D eigenvalue weighted by Gasteiger charge is -2.13. The number of anilines is 1. The molecular formula is C17H13F3N2. The topological polar surface area (TPSA) is 38.9 Å². The molecule has 0 amide bonds. The minimum absolute atomic E-state index is 0.223. The number of fused-ring (bicyclic) bond motifs is 1. The highest BCUT2D eigenvalue weighted by Gasteiger charge is 2.31. The molecule has 0 unspecified atom stereocenters. The molecule has 2 N–H and O–H groups in total. The lowest BCUT2D eigenvalue weighted by molar-refractivity contribution is -0.137. The molecule has 0 radical (unpaired) electrons. The van der Waals surface area contributed by atoms with Gasteiger partial charge in [-0.05, 0) is 36.1 Å². The van der Waals surface area contributed by atoms with Crippen LogP contribution >= 0.6 is 0 Å². The van der Waals surface area contributed by atoms with E-state index in [9.17, 15) is 13.2 Å². The Morgan fingerprint density at radius 3 is 2.36 bits per heavy atom. The van der Waals surface area contributed by atoms with Gasteiger partial charge < -0.3 is 5.73 Å². The summed E-state index contributed by atoms with van der Waals surface area (Å²) in [7, 11) is 0. The fourth-order valence-electron chi connectivity index (χ4n) is 2.55. The van der Waals surface area contributed by atoms with Crippen molar-refractivity contribution in [2.75, 3.05) is 5.73 Å². The third-order valence-corrected chi connectivity index (χ3v) is 3.66. The summed E-state index contributed by atoms with van der Waals surface area (Å²) in [6.45, 7) is 1.90. The first-order chi connectivity index (χ1) is 10.4. The summed E-state index contributed by atoms with van der Waals surface area (Å²) in [5.74, 6) is 0. The van der Waals surface area contributed by atoms with Crippen LogP contribution in [-0.2, 0) is 6.18 Å². The summed E-state index contributed by atoms with van der Waals surface area (Å²) in [5, 5.41) is 1.80. The number of nitrogen functional groups attached to an aromatic ring is 1. The molecule has 2 nitrogen and oxygen atoms in total. The Morgan fingerprint density at radius 2 is 1.68 bits per heavy atom. The smallest absolute Gasteiger partial charge is 0.398 e. The van der Waals surface area contributed by atoms with Crippen LogP contribution in [0, 0.1) is 6.92 Å². The summed E-state index contributed by atoms with van der Waals surface area (Å²) >= 11 is 0. The van der Waals surface area contributed by atoms with E-state index in [-0.39, 0.29) is 5.69 Å². The van der Waals surface area contributed by atoms with Crippen molar-refractivity contribution in [3.05, 3.63) is 59.8 Å². The highest BCUT2D eigenvalue weighted by Crippen LogP contribution is 2.36. The number of nitrogens with two attached hydrogens (primary N) is 1. The average Bonchev–Trinajstić information content (AvgIpc) is 2.50. The number of pyridine rings is 1. The quantitative estimate of drug-likeness (QED) is 0.655. The number of benzene rings is 2. The molecule has 2 aromatic carbocycles. The first-order valence-corrected chi connectivity index (χ1v) is 6.69. The van der Waals surface area contributed by atoms with Gasteiger partial charge in [-0.1, -0.05) is 24.3 Å². The van der Waals surface area contributed by atoms with E-state index in [0.717, 1.165) is 34.7 Å². The molecule has 22 heavy (non-hydrogen) atoms. The molecule has 0 aliphatic rings. The highest BCUT2D eigenvalue weighted by atomic mass is 19.4. The van der Waals surface area contributed by atoms with E-state index >= 15 is 0 Å². The van der Waals surface area contributed by atoms with Crippen LogP contribution in [0.2, 0.25) is 0 Å². The molecule has 5 heteroatoms. The molecule has 0 atom stereocenters. The van der Waals surface area contributed by atoms with E-state index < -0.39 is 11.7 Å². The second kappa shape index (κ2) is 5.02. The fraction of sp³-hybridized carbons (Fsp3) is 0.118. The van der Waals surface area contributed by atoms with E-state index in [2.05, 4.69) is 4.98 Å². The van der Waals surface area contributed by atoms with Crippen LogP contribution in [0.25, 0.3) is 22.0 Å². The van der Waals surface area contributed by atoms with Crippen LogP contribution in [0.1, 0.15) is 11.1 Å². The first kappa shape index (κ1) is 14.4. The number of halogens is 3. The zero-order valence-electron chi connectivity index (χ0n) is 11.8. The van der Waals surface area contributed by atoms with Crippen molar-refractivity contribution in [3.63, 3.8) is 0 Å². The summed E-state index contributed by atoms with van der Waals surface area (Å²) in [6, 6.07) is 11.3. The normalized spacial score (nSPS) is 11.8. The van der Waals surface area contributed by atoms with Crippen LogP contribution < -0.4 is 5.73 Å². The van der Waals surface area contributed by atoms with Gasteiger partial charge in [-0.2, -0.15) is 13.2 Å². The third-order valence-electron chi connectivity index (χ3n) is 3.66. The molecule has 0 fully saturated rings. The number of nitrogens with zero attached hydrogens (tertiary/aromatic N) is 1. The fourth-order valence-corrected chi connectivity index (χ4v) is 2.55. The summed E-state index contributed by atoms with van der Waals surface area (Å²) in [4.78, 5) is 4.05. The Labute approximate surface area is 125 Å². The zero-order chi connectivity index (χ0) is 15.9. The molecule has 0 aliphatic heterocycles. The van der Waals surface area contributed by atoms with Gasteiger partial charge in [0.25, 0.3) is 0 Å². The molecule has 0 saturated heterocycles. The van der Waals surface area contributed by atoms with E-state index in [1.165, 1.54) is 0 Å². The van der Waals surface area contributed by atoms with Crippen molar-refractivity contribution in [1.82, 2.24) is 4.98 Å². The van der Waals surface area contributed by atoms with Gasteiger partial charge in [-0.3, -0.25) is 4.98 Å². The third kappa shape index (κ3) is 2.39. The number of hydrogen-bond acceptors (Lipinski definition) is 2. The minimum atomic E-state index is -4.40. The van der Waals surface area contributed by atoms with Gasteiger partial charge in [0.2, 0.25) is 0 Å². The average molecular weight is 302 g/mol. The molecule has 112 valence electrons. The largest absolute Gasteiger partial charge is 0.416 e. The second-order valence-corrected chi connectivity index (χ2v) is 5.13. The standard InChI is InChI=1S/C17H13F3N2/c1-10-8-14(16(21)13-5-3-2-4-12(10)13)15-9-11(6-7-22-15)17(18,19)20/h2-9H,21H2,1H3. The second-order valence-electron chi connectivity index (χ2n) is 5.13. The lowest BCUT2D eigenvalue weighted by atomic mass is 9.97. The molecule has 3 rings (SSSR count). The van der Waals surface area contributed by atoms with Crippen LogP contribution in [0.15, 0.2) is 48.7 Å². The molecule has 3 aromatic rings. The molecule has 0 bridgehead atoms. The van der Waals surface area contributed by atoms with Crippen molar-refractivity contribution in [1.29, 1.82) is 0 Å². The Kier molecular flexibility index (Phi) is 3.28. The number of rotatable bonds is 1. The minimum Gasteiger partial charge on any atom is -0.398 e. The van der Waals surface area contributed by atoms with Gasteiger partial charge in [0, 0.05) is 22.8 Å². The van der Waals surface area contributed by atoms with Crippen molar-refractivity contribution in [3.8, 4) is 11.3 Å². The number of alkyl halides is 3. The van der Waals surface area contributed by atoms with Gasteiger partial charge in [0.05, 0.1) is 11.3 Å². The zero-order valence-corrected chi connectivity index (χ0v) is 11.8. The number of hydrogen-bond donors (Lipinski definition) is 1. The van der Waals surface area contributed by atoms with E-state index in [0.29, 0.717) is 11.3 Å². The van der Waals surface area contributed by atoms with Gasteiger partial charge in [-0.15, -0.1) is 0 Å². The highest BCUT2D eigenvalue weighted by molar-refractivity contribution is 6.01. The predicted octanol–water partition coefficient (Wildman–Crippen LogP) is 4.81. The maximum Gasteiger partial charge on any atom is 0.416 e. The van der Waals surface area contributed by atoms with E-state index in [1.807, 2.05) is 31.2 Å². The Hall–Kier alpha value is -2.56. The van der Waals surface area contributed by atoms with Crippen molar-refractivity contribution in [2.45, 2.75) is 13.1 Å². The number of aromatic nitrogens is 1. The van der Waals surface area contributed by atoms with Crippen LogP contribution in [0.4, 0.5) is 18.9 Å². The van der Waals surface area contributed by atoms with Crippen molar-refractivity contribution < 1.29 is 13.2 Å². The van der Waals surface area contributed by atoms with Crippen LogP contribution in [0.3, 0.4) is 0 Å². The molecule has 1 aromatic heterocycles. The Bertz CT molecular complexity index is 854. The summed E-state index contributed by atoms with van der Waals surface area (Å²) in [5.41, 5.74) is 7.55. The summed E-state index contributed by atoms with van der Waals surface area (Å²) < 4.78 is 38.6. The maximum atomic E-state index is 12.9. The lowest BCUT2D eigenvalue weighted by Crippen LogP contribution is -2.05. The SMILES string of the molecule is Cc1cc(-c2cc(C(F)(F)F)ccn2)c(N)c2ccccc12. The first-order valence-electron chi connectivity index (χ1n) is 6.69. The van der Waals surface area contributed by atoms with E-state index in [4.69, 9.17) is 5.73 Å². The van der Waals surface area contributed by atoms with Crippen LogP contribution in [0.5, 0.6) is 0 Å². The molecule has 0 aliphatic carbocycles. The molecule has 0 saturated carbocycles. The molecular weight excluding hydrogens is 289 g/mol. The monoisotopic (exact) mass is 302 g/mol. The maximum absolute atomic E-state index is 12.9. The number of aryl methyl sites for hydroxylation is 1. The van der Waals surface area contributed by atoms with E-state index in [1.54, 1.807) is 6.07 Å². The van der Waals surface area contributed by atoms with Gasteiger partial charge in [-0.25, -0.2) is 0 Å². The van der Waals surface area contributed by atoms with Crippen LogP contribution in [-0.4, -0.2) is 4.98 Å². The van der Waals surface area contributed by atoms with Gasteiger partial charge in [0.15, 0.2) is 0 Å². The van der Waals surface area contributed by atoms with Crippen molar-refractivity contribution >= 4 is 16.5 Å². The Balaban J connectivity index is 2.25. The summed E-state index contributed by atoms with van der Waals surface area (Å²) in [6.07, 6.45) is -3.25. The van der Waals surface area contributed by atoms with Gasteiger partial charge in [0.1, 0.15) is 0 Å². The Morgan fingerprint density at radius 1 is 1.00 bits per heavy atom. The van der Waals surface area contributed by atoms with Crippen molar-refractivity contribution in [2.24, 2.45) is 0 Å². The van der Waals surface area contributed by atoms with Gasteiger partial charge >= 0.3 is 6.18 Å². The molecule has 0 spiro atoms. The predicted molar refractivity (Wildman–Crippen MR) is 81.3 cm³/mol.